The maximum Gasteiger partial charge on any atom is 0.410 e. The van der Waals surface area contributed by atoms with Gasteiger partial charge >= 0.3 is 6.09 Å². The van der Waals surface area contributed by atoms with Gasteiger partial charge in [0.05, 0.1) is 0 Å². The SMILES string of the molecule is CN(C(=O)OC(C)(C)C)C(C=O)c1ccccc1C(C)(C)C. The molecule has 0 aliphatic carbocycles. The molecular formula is C18H27NO3. The molecule has 4 heteroatoms. The zero-order chi connectivity index (χ0) is 17.1. The first-order chi connectivity index (χ1) is 9.97. The predicted molar refractivity (Wildman–Crippen MR) is 87.9 cm³/mol. The van der Waals surface area contributed by atoms with E-state index in [0.717, 1.165) is 17.4 Å². The van der Waals surface area contributed by atoms with Crippen LogP contribution in [-0.4, -0.2) is 29.9 Å². The molecular weight excluding hydrogens is 278 g/mol. The van der Waals surface area contributed by atoms with Crippen molar-refractivity contribution in [2.75, 3.05) is 7.05 Å². The molecule has 0 spiro atoms. The number of rotatable bonds is 3. The van der Waals surface area contributed by atoms with Crippen molar-refractivity contribution in [2.24, 2.45) is 0 Å². The molecule has 0 saturated heterocycles. The number of likely N-dealkylation sites (N-methyl/N-ethyl adjacent to an activating group) is 1. The van der Waals surface area contributed by atoms with Crippen molar-refractivity contribution in [3.63, 3.8) is 0 Å². The minimum atomic E-state index is -0.662. The maximum absolute atomic E-state index is 12.2. The topological polar surface area (TPSA) is 46.6 Å². The summed E-state index contributed by atoms with van der Waals surface area (Å²) in [7, 11) is 1.59. The van der Waals surface area contributed by atoms with Gasteiger partial charge in [-0.05, 0) is 37.3 Å². The minimum Gasteiger partial charge on any atom is -0.444 e. The second-order valence-corrected chi connectivity index (χ2v) is 7.51. The first-order valence-corrected chi connectivity index (χ1v) is 7.48. The molecule has 122 valence electrons. The molecule has 22 heavy (non-hydrogen) atoms. The number of hydrogen-bond donors (Lipinski definition) is 0. The van der Waals surface area contributed by atoms with Gasteiger partial charge in [0.15, 0.2) is 0 Å². The van der Waals surface area contributed by atoms with Crippen molar-refractivity contribution < 1.29 is 14.3 Å². The van der Waals surface area contributed by atoms with E-state index in [1.807, 2.05) is 24.3 Å². The van der Waals surface area contributed by atoms with Crippen LogP contribution in [0.5, 0.6) is 0 Å². The number of aldehydes is 1. The standard InChI is InChI=1S/C18H27NO3/c1-17(2,3)14-11-9-8-10-13(14)15(12-20)19(7)16(21)22-18(4,5)6/h8-12,15H,1-7H3. The Kier molecular flexibility index (Phi) is 5.39. The lowest BCUT2D eigenvalue weighted by molar-refractivity contribution is -0.112. The summed E-state index contributed by atoms with van der Waals surface area (Å²) in [5.41, 5.74) is 1.16. The Hall–Kier alpha value is -1.84. The van der Waals surface area contributed by atoms with Crippen LogP contribution in [-0.2, 0) is 14.9 Å². The van der Waals surface area contributed by atoms with Crippen molar-refractivity contribution in [1.29, 1.82) is 0 Å². The van der Waals surface area contributed by atoms with Crippen LogP contribution >= 0.6 is 0 Å². The summed E-state index contributed by atoms with van der Waals surface area (Å²) < 4.78 is 5.36. The molecule has 0 aliphatic heterocycles. The highest BCUT2D eigenvalue weighted by Gasteiger charge is 2.29. The number of hydrogen-bond acceptors (Lipinski definition) is 3. The zero-order valence-electron chi connectivity index (χ0n) is 14.6. The Morgan fingerprint density at radius 2 is 1.68 bits per heavy atom. The molecule has 1 unspecified atom stereocenters. The molecule has 0 bridgehead atoms. The average molecular weight is 305 g/mol. The first kappa shape index (κ1) is 18.2. The van der Waals surface area contributed by atoms with Gasteiger partial charge in [-0.15, -0.1) is 0 Å². The Bertz CT molecular complexity index is 538. The number of nitrogens with zero attached hydrogens (tertiary/aromatic N) is 1. The molecule has 4 nitrogen and oxygen atoms in total. The lowest BCUT2D eigenvalue weighted by Crippen LogP contribution is -2.38. The van der Waals surface area contributed by atoms with Gasteiger partial charge in [-0.3, -0.25) is 4.90 Å². The molecule has 0 fully saturated rings. The third kappa shape index (κ3) is 4.58. The summed E-state index contributed by atoms with van der Waals surface area (Å²) >= 11 is 0. The van der Waals surface area contributed by atoms with E-state index in [0.29, 0.717) is 0 Å². The van der Waals surface area contributed by atoms with Gasteiger partial charge in [0.25, 0.3) is 0 Å². The van der Waals surface area contributed by atoms with Gasteiger partial charge in [-0.25, -0.2) is 4.79 Å². The van der Waals surface area contributed by atoms with Crippen LogP contribution in [0, 0.1) is 0 Å². The molecule has 1 atom stereocenters. The highest BCUT2D eigenvalue weighted by Crippen LogP contribution is 2.31. The summed E-state index contributed by atoms with van der Waals surface area (Å²) in [4.78, 5) is 25.2. The number of carbonyl (C=O) groups excluding carboxylic acids is 2. The third-order valence-electron chi connectivity index (χ3n) is 3.32. The van der Waals surface area contributed by atoms with E-state index >= 15 is 0 Å². The fraction of sp³-hybridized carbons (Fsp3) is 0.556. The summed E-state index contributed by atoms with van der Waals surface area (Å²) in [5, 5.41) is 0. The molecule has 1 rings (SSSR count). The van der Waals surface area contributed by atoms with Crippen LogP contribution in [0.2, 0.25) is 0 Å². The molecule has 0 N–H and O–H groups in total. The largest absolute Gasteiger partial charge is 0.444 e. The van der Waals surface area contributed by atoms with Crippen molar-refractivity contribution in [3.05, 3.63) is 35.4 Å². The smallest absolute Gasteiger partial charge is 0.410 e. The van der Waals surface area contributed by atoms with Gasteiger partial charge in [0.1, 0.15) is 17.9 Å². The molecule has 0 aliphatic rings. The summed E-state index contributed by atoms with van der Waals surface area (Å²) in [6, 6.07) is 7.05. The first-order valence-electron chi connectivity index (χ1n) is 7.48. The quantitative estimate of drug-likeness (QED) is 0.790. The average Bonchev–Trinajstić information content (AvgIpc) is 2.36. The highest BCUT2D eigenvalue weighted by atomic mass is 16.6. The zero-order valence-corrected chi connectivity index (χ0v) is 14.6. The molecule has 1 aromatic carbocycles. The van der Waals surface area contributed by atoms with Crippen molar-refractivity contribution in [1.82, 2.24) is 4.90 Å². The molecule has 0 radical (unpaired) electrons. The summed E-state index contributed by atoms with van der Waals surface area (Å²) in [6.07, 6.45) is 0.280. The van der Waals surface area contributed by atoms with Crippen LogP contribution in [0.15, 0.2) is 24.3 Å². The fourth-order valence-electron chi connectivity index (χ4n) is 2.26. The van der Waals surface area contributed by atoms with Crippen LogP contribution in [0.3, 0.4) is 0 Å². The lowest BCUT2D eigenvalue weighted by Gasteiger charge is -2.31. The Morgan fingerprint density at radius 1 is 1.14 bits per heavy atom. The van der Waals surface area contributed by atoms with Crippen LogP contribution in [0.1, 0.15) is 58.7 Å². The highest BCUT2D eigenvalue weighted by molar-refractivity contribution is 5.75. The summed E-state index contributed by atoms with van der Waals surface area (Å²) in [5.74, 6) is 0. The van der Waals surface area contributed by atoms with Gasteiger partial charge in [-0.1, -0.05) is 45.0 Å². The van der Waals surface area contributed by atoms with E-state index in [-0.39, 0.29) is 5.41 Å². The molecule has 0 heterocycles. The van der Waals surface area contributed by atoms with Gasteiger partial charge < -0.3 is 9.53 Å². The van der Waals surface area contributed by atoms with E-state index in [4.69, 9.17) is 4.74 Å². The van der Waals surface area contributed by atoms with Crippen LogP contribution < -0.4 is 0 Å². The monoisotopic (exact) mass is 305 g/mol. The van der Waals surface area contributed by atoms with Crippen molar-refractivity contribution in [3.8, 4) is 0 Å². The van der Waals surface area contributed by atoms with Gasteiger partial charge in [0, 0.05) is 7.05 Å². The number of amides is 1. The molecule has 0 aromatic heterocycles. The minimum absolute atomic E-state index is 0.118. The Balaban J connectivity index is 3.17. The Morgan fingerprint density at radius 3 is 2.14 bits per heavy atom. The lowest BCUT2D eigenvalue weighted by atomic mass is 9.82. The second-order valence-electron chi connectivity index (χ2n) is 7.51. The maximum atomic E-state index is 12.2. The normalized spacial score (nSPS) is 13.4. The third-order valence-corrected chi connectivity index (χ3v) is 3.32. The number of benzene rings is 1. The van der Waals surface area contributed by atoms with Crippen molar-refractivity contribution in [2.45, 2.75) is 58.6 Å². The van der Waals surface area contributed by atoms with E-state index < -0.39 is 17.7 Å². The summed E-state index contributed by atoms with van der Waals surface area (Å²) in [6.45, 7) is 11.7. The molecule has 1 aromatic rings. The van der Waals surface area contributed by atoms with E-state index in [9.17, 15) is 9.59 Å². The van der Waals surface area contributed by atoms with E-state index in [2.05, 4.69) is 20.8 Å². The Labute approximate surface area is 133 Å². The molecule has 0 saturated carbocycles. The van der Waals surface area contributed by atoms with Gasteiger partial charge in [-0.2, -0.15) is 0 Å². The second kappa shape index (κ2) is 6.51. The van der Waals surface area contributed by atoms with Crippen LogP contribution in [0.25, 0.3) is 0 Å². The van der Waals surface area contributed by atoms with Gasteiger partial charge in [0.2, 0.25) is 0 Å². The number of carbonyl (C=O) groups is 2. The fourth-order valence-corrected chi connectivity index (χ4v) is 2.26. The predicted octanol–water partition coefficient (Wildman–Crippen LogP) is 4.09. The van der Waals surface area contributed by atoms with Crippen molar-refractivity contribution >= 4 is 12.4 Å². The van der Waals surface area contributed by atoms with E-state index in [1.165, 1.54) is 4.90 Å². The van der Waals surface area contributed by atoms with Crippen LogP contribution in [0.4, 0.5) is 4.79 Å². The van der Waals surface area contributed by atoms with E-state index in [1.54, 1.807) is 27.8 Å². The molecule has 1 amide bonds. The number of ether oxygens (including phenoxy) is 1.